The van der Waals surface area contributed by atoms with Crippen LogP contribution in [0.25, 0.3) is 0 Å². The molecule has 47 valence electrons. The summed E-state index contributed by atoms with van der Waals surface area (Å²) < 4.78 is 0. The van der Waals surface area contributed by atoms with Crippen LogP contribution in [0.2, 0.25) is 0 Å². The Hall–Kier alpha value is -0.370. The van der Waals surface area contributed by atoms with Crippen molar-refractivity contribution in [3.63, 3.8) is 0 Å². The molecule has 8 heavy (non-hydrogen) atoms. The van der Waals surface area contributed by atoms with Gasteiger partial charge < -0.3 is 5.32 Å². The molecule has 0 rings (SSSR count). The molecular formula is C6H12NO. The Kier molecular flexibility index (Phi) is 6.32. The van der Waals surface area contributed by atoms with Crippen LogP contribution in [0.15, 0.2) is 0 Å². The van der Waals surface area contributed by atoms with E-state index in [1.54, 1.807) is 0 Å². The molecule has 0 heterocycles. The molecule has 0 atom stereocenters. The van der Waals surface area contributed by atoms with Gasteiger partial charge in [0.1, 0.15) is 0 Å². The van der Waals surface area contributed by atoms with Crippen molar-refractivity contribution in [1.29, 1.82) is 0 Å². The average molecular weight is 114 g/mol. The lowest BCUT2D eigenvalue weighted by atomic mass is 10.3. The molecule has 0 saturated heterocycles. The van der Waals surface area contributed by atoms with E-state index in [-0.39, 0.29) is 0 Å². The first kappa shape index (κ1) is 7.63. The maximum atomic E-state index is 9.62. The van der Waals surface area contributed by atoms with E-state index < -0.39 is 0 Å². The predicted octanol–water partition coefficient (Wildman–Crippen LogP) is 0.486. The van der Waals surface area contributed by atoms with Crippen LogP contribution in [-0.2, 0) is 4.79 Å². The zero-order valence-electron chi connectivity index (χ0n) is 5.24. The van der Waals surface area contributed by atoms with Crippen molar-refractivity contribution in [1.82, 2.24) is 5.32 Å². The van der Waals surface area contributed by atoms with Crippen LogP contribution in [-0.4, -0.2) is 19.4 Å². The van der Waals surface area contributed by atoms with Gasteiger partial charge in [-0.05, 0) is 19.5 Å². The second-order valence-electron chi connectivity index (χ2n) is 1.60. The molecule has 0 aromatic carbocycles. The average Bonchev–Trinajstić information content (AvgIpc) is 1.81. The summed E-state index contributed by atoms with van der Waals surface area (Å²) in [6.45, 7) is 3.97. The smallest absolute Gasteiger partial charge is 0.198 e. The SMILES string of the molecule is CCNCCC[C]=O. The lowest BCUT2D eigenvalue weighted by Crippen LogP contribution is -2.13. The van der Waals surface area contributed by atoms with E-state index in [1.165, 1.54) is 0 Å². The van der Waals surface area contributed by atoms with Crippen LogP contribution in [0.5, 0.6) is 0 Å². The topological polar surface area (TPSA) is 29.1 Å². The molecule has 0 aromatic heterocycles. The summed E-state index contributed by atoms with van der Waals surface area (Å²) in [6, 6.07) is 0. The summed E-state index contributed by atoms with van der Waals surface area (Å²) >= 11 is 0. The van der Waals surface area contributed by atoms with E-state index in [9.17, 15) is 4.79 Å². The number of carbonyl (C=O) groups excluding carboxylic acids is 1. The molecule has 0 aromatic rings. The number of rotatable bonds is 5. The fourth-order valence-electron chi connectivity index (χ4n) is 0.462. The molecule has 0 amide bonds. The quantitative estimate of drug-likeness (QED) is 0.527. The van der Waals surface area contributed by atoms with Crippen molar-refractivity contribution in [2.24, 2.45) is 0 Å². The van der Waals surface area contributed by atoms with Crippen LogP contribution in [0.1, 0.15) is 19.8 Å². The van der Waals surface area contributed by atoms with Gasteiger partial charge in [0.05, 0.1) is 0 Å². The third-order valence-electron chi connectivity index (χ3n) is 0.882. The molecular weight excluding hydrogens is 102 g/mol. The molecule has 0 fully saturated rings. The van der Waals surface area contributed by atoms with Crippen LogP contribution in [0.4, 0.5) is 0 Å². The number of nitrogens with one attached hydrogen (secondary N) is 1. The van der Waals surface area contributed by atoms with Gasteiger partial charge in [0.2, 0.25) is 0 Å². The zero-order chi connectivity index (χ0) is 6.24. The Morgan fingerprint density at radius 2 is 2.38 bits per heavy atom. The van der Waals surface area contributed by atoms with Gasteiger partial charge in [-0.15, -0.1) is 0 Å². The molecule has 2 nitrogen and oxygen atoms in total. The Bertz CT molecular complexity index is 54.5. The second-order valence-corrected chi connectivity index (χ2v) is 1.60. The molecule has 1 radical (unpaired) electrons. The third kappa shape index (κ3) is 5.63. The highest BCUT2D eigenvalue weighted by atomic mass is 16.1. The molecule has 1 N–H and O–H groups in total. The van der Waals surface area contributed by atoms with Crippen molar-refractivity contribution >= 4 is 6.29 Å². The van der Waals surface area contributed by atoms with E-state index in [1.807, 2.05) is 13.2 Å². The summed E-state index contributed by atoms with van der Waals surface area (Å²) in [5.74, 6) is 0. The van der Waals surface area contributed by atoms with Crippen LogP contribution in [0, 0.1) is 0 Å². The van der Waals surface area contributed by atoms with Crippen LogP contribution >= 0.6 is 0 Å². The first-order valence-corrected chi connectivity index (χ1v) is 2.97. The van der Waals surface area contributed by atoms with Crippen molar-refractivity contribution in [2.75, 3.05) is 13.1 Å². The predicted molar refractivity (Wildman–Crippen MR) is 33.5 cm³/mol. The molecule has 0 aliphatic rings. The van der Waals surface area contributed by atoms with Crippen molar-refractivity contribution in [3.8, 4) is 0 Å². The van der Waals surface area contributed by atoms with E-state index in [2.05, 4.69) is 5.32 Å². The summed E-state index contributed by atoms with van der Waals surface area (Å²) in [6.07, 6.45) is 3.31. The Balaban J connectivity index is 2.62. The highest BCUT2D eigenvalue weighted by molar-refractivity contribution is 5.50. The molecule has 2 heteroatoms. The normalized spacial score (nSPS) is 9.12. The monoisotopic (exact) mass is 114 g/mol. The molecule has 0 spiro atoms. The Labute approximate surface area is 50.3 Å². The second kappa shape index (κ2) is 6.63. The van der Waals surface area contributed by atoms with E-state index in [4.69, 9.17) is 0 Å². The van der Waals surface area contributed by atoms with Gasteiger partial charge in [-0.25, -0.2) is 0 Å². The fourth-order valence-corrected chi connectivity index (χ4v) is 0.462. The molecule has 0 aliphatic heterocycles. The summed E-state index contributed by atoms with van der Waals surface area (Å²) in [5, 5.41) is 3.10. The third-order valence-corrected chi connectivity index (χ3v) is 0.882. The standard InChI is InChI=1S/C6H12NO/c1-2-7-5-3-4-6-8/h7H,2-5H2,1H3. The maximum Gasteiger partial charge on any atom is 0.198 e. The van der Waals surface area contributed by atoms with Gasteiger partial charge in [0, 0.05) is 6.42 Å². The number of hydrogen-bond acceptors (Lipinski definition) is 2. The van der Waals surface area contributed by atoms with Crippen LogP contribution < -0.4 is 5.32 Å². The van der Waals surface area contributed by atoms with Gasteiger partial charge in [-0.3, -0.25) is 4.79 Å². The number of hydrogen-bond donors (Lipinski definition) is 1. The maximum absolute atomic E-state index is 9.62. The zero-order valence-corrected chi connectivity index (χ0v) is 5.24. The minimum absolute atomic E-state index is 0.562. The summed E-state index contributed by atoms with van der Waals surface area (Å²) in [5.41, 5.74) is 0. The highest BCUT2D eigenvalue weighted by Crippen LogP contribution is 1.78. The number of unbranched alkanes of at least 4 members (excludes halogenated alkanes) is 1. The van der Waals surface area contributed by atoms with Gasteiger partial charge in [-0.2, -0.15) is 0 Å². The summed E-state index contributed by atoms with van der Waals surface area (Å²) in [7, 11) is 0. The van der Waals surface area contributed by atoms with E-state index >= 15 is 0 Å². The lowest BCUT2D eigenvalue weighted by molar-refractivity contribution is 0.546. The largest absolute Gasteiger partial charge is 0.317 e. The Morgan fingerprint density at radius 3 is 2.88 bits per heavy atom. The van der Waals surface area contributed by atoms with E-state index in [0.29, 0.717) is 6.42 Å². The molecule has 0 saturated carbocycles. The van der Waals surface area contributed by atoms with Crippen molar-refractivity contribution < 1.29 is 4.79 Å². The van der Waals surface area contributed by atoms with E-state index in [0.717, 1.165) is 19.5 Å². The first-order valence-electron chi connectivity index (χ1n) is 2.97. The lowest BCUT2D eigenvalue weighted by Gasteiger charge is -1.94. The first-order chi connectivity index (χ1) is 3.91. The Morgan fingerprint density at radius 1 is 1.62 bits per heavy atom. The minimum atomic E-state index is 0.562. The van der Waals surface area contributed by atoms with Crippen molar-refractivity contribution in [2.45, 2.75) is 19.8 Å². The van der Waals surface area contributed by atoms with Gasteiger partial charge in [0.25, 0.3) is 0 Å². The highest BCUT2D eigenvalue weighted by Gasteiger charge is 1.82. The minimum Gasteiger partial charge on any atom is -0.317 e. The van der Waals surface area contributed by atoms with Crippen molar-refractivity contribution in [3.05, 3.63) is 0 Å². The molecule has 0 aliphatic carbocycles. The summed E-state index contributed by atoms with van der Waals surface area (Å²) in [4.78, 5) is 9.62. The van der Waals surface area contributed by atoms with Gasteiger partial charge >= 0.3 is 0 Å². The molecule has 0 unspecified atom stereocenters. The van der Waals surface area contributed by atoms with Gasteiger partial charge in [0.15, 0.2) is 6.29 Å². The van der Waals surface area contributed by atoms with Gasteiger partial charge in [-0.1, -0.05) is 6.92 Å². The fraction of sp³-hybridized carbons (Fsp3) is 0.833. The molecule has 0 bridgehead atoms. The van der Waals surface area contributed by atoms with Crippen LogP contribution in [0.3, 0.4) is 0 Å².